The van der Waals surface area contributed by atoms with Crippen LogP contribution in [0.25, 0.3) is 0 Å². The van der Waals surface area contributed by atoms with E-state index in [0.717, 1.165) is 25.7 Å². The molecule has 2 N–H and O–H groups in total. The van der Waals surface area contributed by atoms with Crippen molar-refractivity contribution in [3.8, 4) is 0 Å². The van der Waals surface area contributed by atoms with Crippen LogP contribution in [0.2, 0.25) is 0 Å². The molecule has 0 aromatic heterocycles. The summed E-state index contributed by atoms with van der Waals surface area (Å²) in [4.78, 5) is 9.85. The van der Waals surface area contributed by atoms with Gasteiger partial charge in [0.25, 0.3) is 0 Å². The lowest BCUT2D eigenvalue weighted by atomic mass is 10.0. The van der Waals surface area contributed by atoms with Gasteiger partial charge in [-0.3, -0.25) is 0 Å². The quantitative estimate of drug-likeness (QED) is 0.301. The monoisotopic (exact) mass is 259 g/mol. The summed E-state index contributed by atoms with van der Waals surface area (Å²) < 4.78 is 0. The highest BCUT2D eigenvalue weighted by Crippen LogP contribution is 2.14. The van der Waals surface area contributed by atoms with Gasteiger partial charge in [0, 0.05) is 6.42 Å². The van der Waals surface area contributed by atoms with Gasteiger partial charge in [0.1, 0.15) is 0 Å². The largest absolute Gasteiger partial charge is 0.366 e. The minimum absolute atomic E-state index is 0.467. The van der Waals surface area contributed by atoms with Crippen LogP contribution < -0.4 is 0 Å². The second kappa shape index (κ2) is 11.6. The molecule has 0 saturated carbocycles. The molecular weight excluding hydrogens is 230 g/mol. The van der Waals surface area contributed by atoms with Crippen LogP contribution in [0.5, 0.6) is 0 Å². The summed E-state index contributed by atoms with van der Waals surface area (Å²) in [5, 5.41) is 21.1. The van der Waals surface area contributed by atoms with Crippen LogP contribution in [0.15, 0.2) is 5.18 Å². The normalized spacial score (nSPS) is 11.7. The molecule has 18 heavy (non-hydrogen) atoms. The van der Waals surface area contributed by atoms with E-state index in [0.29, 0.717) is 13.0 Å². The SMILES string of the molecule is CC(O)(O)CCCCCCCCCCCCN=O. The summed E-state index contributed by atoms with van der Waals surface area (Å²) in [6.07, 6.45) is 11.9. The van der Waals surface area contributed by atoms with Crippen molar-refractivity contribution >= 4 is 0 Å². The standard InChI is InChI=1S/C14H29NO3/c1-14(16,17)12-10-8-6-4-2-3-5-7-9-11-13-15-18/h16-17H,2-13H2,1H3. The van der Waals surface area contributed by atoms with E-state index in [1.54, 1.807) is 0 Å². The minimum atomic E-state index is -1.49. The van der Waals surface area contributed by atoms with E-state index in [1.165, 1.54) is 45.4 Å². The van der Waals surface area contributed by atoms with Crippen molar-refractivity contribution in [1.29, 1.82) is 0 Å². The van der Waals surface area contributed by atoms with E-state index in [9.17, 15) is 4.91 Å². The number of nitrogens with zero attached hydrogens (tertiary/aromatic N) is 1. The highest BCUT2D eigenvalue weighted by atomic mass is 16.5. The third-order valence-electron chi connectivity index (χ3n) is 3.15. The molecule has 0 aliphatic heterocycles. The van der Waals surface area contributed by atoms with Gasteiger partial charge >= 0.3 is 0 Å². The highest BCUT2D eigenvalue weighted by molar-refractivity contribution is 4.56. The zero-order valence-electron chi connectivity index (χ0n) is 11.7. The fourth-order valence-electron chi connectivity index (χ4n) is 2.05. The summed E-state index contributed by atoms with van der Waals surface area (Å²) in [7, 11) is 0. The Balaban J connectivity index is 3.01. The first-order valence-electron chi connectivity index (χ1n) is 7.30. The van der Waals surface area contributed by atoms with Crippen LogP contribution in [0.3, 0.4) is 0 Å². The predicted molar refractivity (Wildman–Crippen MR) is 74.3 cm³/mol. The van der Waals surface area contributed by atoms with E-state index >= 15 is 0 Å². The number of nitroso groups, excluding NO2 is 1. The molecule has 0 rings (SSSR count). The second-order valence-corrected chi connectivity index (χ2v) is 5.36. The van der Waals surface area contributed by atoms with Crippen molar-refractivity contribution < 1.29 is 10.2 Å². The molecule has 4 heteroatoms. The van der Waals surface area contributed by atoms with Crippen LogP contribution >= 0.6 is 0 Å². The molecule has 4 nitrogen and oxygen atoms in total. The maximum Gasteiger partial charge on any atom is 0.159 e. The molecule has 0 heterocycles. The molecule has 0 amide bonds. The van der Waals surface area contributed by atoms with Crippen LogP contribution in [-0.2, 0) is 0 Å². The van der Waals surface area contributed by atoms with Gasteiger partial charge in [-0.05, 0) is 19.8 Å². The van der Waals surface area contributed by atoms with Gasteiger partial charge < -0.3 is 10.2 Å². The molecule has 0 aromatic rings. The van der Waals surface area contributed by atoms with Gasteiger partial charge in [0.15, 0.2) is 5.79 Å². The molecule has 0 aliphatic carbocycles. The molecule has 0 radical (unpaired) electrons. The lowest BCUT2D eigenvalue weighted by Gasteiger charge is -2.14. The summed E-state index contributed by atoms with van der Waals surface area (Å²) in [6.45, 7) is 1.90. The van der Waals surface area contributed by atoms with E-state index in [1.807, 2.05) is 0 Å². The van der Waals surface area contributed by atoms with Gasteiger partial charge in [-0.1, -0.05) is 56.5 Å². The summed E-state index contributed by atoms with van der Waals surface area (Å²) in [6, 6.07) is 0. The fourth-order valence-corrected chi connectivity index (χ4v) is 2.05. The Morgan fingerprint density at radius 3 is 1.56 bits per heavy atom. The molecule has 0 saturated heterocycles. The van der Waals surface area contributed by atoms with Gasteiger partial charge in [0.05, 0.1) is 6.54 Å². The van der Waals surface area contributed by atoms with Crippen molar-refractivity contribution in [2.45, 2.75) is 83.3 Å². The fraction of sp³-hybridized carbons (Fsp3) is 1.00. The van der Waals surface area contributed by atoms with Crippen LogP contribution in [0.1, 0.15) is 77.6 Å². The van der Waals surface area contributed by atoms with Crippen LogP contribution in [-0.4, -0.2) is 22.5 Å². The van der Waals surface area contributed by atoms with Crippen molar-refractivity contribution in [2.75, 3.05) is 6.54 Å². The van der Waals surface area contributed by atoms with Crippen molar-refractivity contribution in [2.24, 2.45) is 5.18 Å². The minimum Gasteiger partial charge on any atom is -0.366 e. The Hall–Kier alpha value is -0.480. The Morgan fingerprint density at radius 2 is 1.17 bits per heavy atom. The summed E-state index contributed by atoms with van der Waals surface area (Å²) in [5.41, 5.74) is 0. The number of unbranched alkanes of at least 4 members (excludes halogenated alkanes) is 9. The van der Waals surface area contributed by atoms with E-state index in [2.05, 4.69) is 5.18 Å². The third kappa shape index (κ3) is 15.5. The average molecular weight is 259 g/mol. The first-order valence-corrected chi connectivity index (χ1v) is 7.30. The zero-order chi connectivity index (χ0) is 13.7. The van der Waals surface area contributed by atoms with Crippen LogP contribution in [0.4, 0.5) is 0 Å². The third-order valence-corrected chi connectivity index (χ3v) is 3.15. The highest BCUT2D eigenvalue weighted by Gasteiger charge is 2.12. The molecule has 0 bridgehead atoms. The summed E-state index contributed by atoms with van der Waals surface area (Å²) in [5.74, 6) is -1.49. The van der Waals surface area contributed by atoms with Gasteiger partial charge in [-0.2, -0.15) is 4.91 Å². The average Bonchev–Trinajstić information content (AvgIpc) is 2.29. The summed E-state index contributed by atoms with van der Waals surface area (Å²) >= 11 is 0. The molecule has 0 unspecified atom stereocenters. The molecule has 0 aromatic carbocycles. The van der Waals surface area contributed by atoms with Crippen molar-refractivity contribution in [3.05, 3.63) is 4.91 Å². The second-order valence-electron chi connectivity index (χ2n) is 5.36. The smallest absolute Gasteiger partial charge is 0.159 e. The Kier molecular flexibility index (Phi) is 11.3. The Labute approximate surface area is 111 Å². The first kappa shape index (κ1) is 17.5. The predicted octanol–water partition coefficient (Wildman–Crippen LogP) is 3.74. The molecule has 0 spiro atoms. The Bertz CT molecular complexity index is 190. The van der Waals surface area contributed by atoms with Gasteiger partial charge in [-0.15, -0.1) is 0 Å². The Morgan fingerprint density at radius 1 is 0.778 bits per heavy atom. The van der Waals surface area contributed by atoms with Crippen LogP contribution in [0, 0.1) is 4.91 Å². The maximum atomic E-state index is 9.85. The topological polar surface area (TPSA) is 69.9 Å². The molecule has 0 atom stereocenters. The lowest BCUT2D eigenvalue weighted by molar-refractivity contribution is -0.150. The van der Waals surface area contributed by atoms with E-state index in [4.69, 9.17) is 10.2 Å². The number of aliphatic hydroxyl groups is 2. The van der Waals surface area contributed by atoms with Gasteiger partial charge in [0.2, 0.25) is 0 Å². The first-order chi connectivity index (χ1) is 8.56. The molecule has 0 aliphatic rings. The molecule has 0 fully saturated rings. The maximum absolute atomic E-state index is 9.85. The van der Waals surface area contributed by atoms with Gasteiger partial charge in [-0.25, -0.2) is 0 Å². The molecule has 108 valence electrons. The van der Waals surface area contributed by atoms with E-state index < -0.39 is 5.79 Å². The van der Waals surface area contributed by atoms with E-state index in [-0.39, 0.29) is 0 Å². The molecular formula is C14H29NO3. The number of hydrogen-bond donors (Lipinski definition) is 2. The number of rotatable bonds is 13. The zero-order valence-corrected chi connectivity index (χ0v) is 11.7. The lowest BCUT2D eigenvalue weighted by Crippen LogP contribution is -2.22. The number of hydrogen-bond acceptors (Lipinski definition) is 4. The van der Waals surface area contributed by atoms with Crippen molar-refractivity contribution in [1.82, 2.24) is 0 Å². The van der Waals surface area contributed by atoms with Crippen molar-refractivity contribution in [3.63, 3.8) is 0 Å².